The minimum Gasteiger partial charge on any atom is -0.331 e. The molecule has 1 unspecified atom stereocenters. The number of nitrogens with one attached hydrogen (secondary N) is 1. The Kier molecular flexibility index (Phi) is 7.29. The van der Waals surface area contributed by atoms with Crippen molar-refractivity contribution in [3.05, 3.63) is 89.7 Å². The molecule has 5 nitrogen and oxygen atoms in total. The zero-order valence-electron chi connectivity index (χ0n) is 17.4. The maximum Gasteiger partial charge on any atom is 0.228 e. The van der Waals surface area contributed by atoms with Gasteiger partial charge in [-0.25, -0.2) is 0 Å². The second-order valence-corrected chi connectivity index (χ2v) is 7.86. The molecule has 1 aliphatic rings. The van der Waals surface area contributed by atoms with E-state index >= 15 is 0 Å². The molecule has 1 amide bonds. The quantitative estimate of drug-likeness (QED) is 0.652. The van der Waals surface area contributed by atoms with Crippen LogP contribution in [0.5, 0.6) is 0 Å². The van der Waals surface area contributed by atoms with Gasteiger partial charge in [-0.3, -0.25) is 9.48 Å². The van der Waals surface area contributed by atoms with Gasteiger partial charge in [0.05, 0.1) is 18.2 Å². The molecule has 1 N–H and O–H groups in total. The summed E-state index contributed by atoms with van der Waals surface area (Å²) in [7, 11) is 1.92. The predicted molar refractivity (Wildman–Crippen MR) is 121 cm³/mol. The van der Waals surface area contributed by atoms with E-state index < -0.39 is 0 Å². The minimum absolute atomic E-state index is 0. The summed E-state index contributed by atoms with van der Waals surface area (Å²) >= 11 is 0. The van der Waals surface area contributed by atoms with E-state index in [9.17, 15) is 4.79 Å². The maximum atomic E-state index is 13.8. The van der Waals surface area contributed by atoms with E-state index in [0.717, 1.165) is 23.2 Å². The Hall–Kier alpha value is -2.63. The highest BCUT2D eigenvalue weighted by molar-refractivity contribution is 5.85. The van der Waals surface area contributed by atoms with E-state index in [1.54, 1.807) is 0 Å². The second-order valence-electron chi connectivity index (χ2n) is 7.86. The lowest BCUT2D eigenvalue weighted by Crippen LogP contribution is -2.40. The molecule has 158 valence electrons. The summed E-state index contributed by atoms with van der Waals surface area (Å²) in [5, 5.41) is 7.74. The van der Waals surface area contributed by atoms with Crippen molar-refractivity contribution in [3.63, 3.8) is 0 Å². The first-order chi connectivity index (χ1) is 14.1. The van der Waals surface area contributed by atoms with Crippen LogP contribution < -0.4 is 5.32 Å². The average Bonchev–Trinajstić information content (AvgIpc) is 3.41. The molecule has 1 aromatic heterocycles. The summed E-state index contributed by atoms with van der Waals surface area (Å²) in [6.45, 7) is 4.23. The molecular formula is C24H29ClN4O. The molecule has 6 heteroatoms. The van der Waals surface area contributed by atoms with Gasteiger partial charge >= 0.3 is 0 Å². The Morgan fingerprint density at radius 3 is 2.43 bits per heavy atom. The van der Waals surface area contributed by atoms with Crippen LogP contribution in [0.4, 0.5) is 0 Å². The summed E-state index contributed by atoms with van der Waals surface area (Å²) in [4.78, 5) is 15.8. The van der Waals surface area contributed by atoms with Crippen LogP contribution in [0.25, 0.3) is 0 Å². The van der Waals surface area contributed by atoms with Crippen LogP contribution in [-0.4, -0.2) is 33.7 Å². The number of carbonyl (C=O) groups is 1. The number of aromatic nitrogens is 2. The molecule has 3 aromatic rings. The Labute approximate surface area is 184 Å². The zero-order valence-corrected chi connectivity index (χ0v) is 18.3. The van der Waals surface area contributed by atoms with Gasteiger partial charge < -0.3 is 10.2 Å². The number of nitrogens with zero attached hydrogens (tertiary/aromatic N) is 3. The molecule has 1 saturated heterocycles. The van der Waals surface area contributed by atoms with Crippen molar-refractivity contribution in [2.45, 2.75) is 25.4 Å². The van der Waals surface area contributed by atoms with Crippen molar-refractivity contribution in [1.82, 2.24) is 20.0 Å². The molecule has 0 spiro atoms. The summed E-state index contributed by atoms with van der Waals surface area (Å²) in [6, 6.07) is 20.5. The van der Waals surface area contributed by atoms with Gasteiger partial charge in [-0.2, -0.15) is 5.10 Å². The molecule has 2 heterocycles. The van der Waals surface area contributed by atoms with E-state index in [-0.39, 0.29) is 36.2 Å². The topological polar surface area (TPSA) is 50.2 Å². The van der Waals surface area contributed by atoms with Crippen LogP contribution in [0.3, 0.4) is 0 Å². The standard InChI is InChI=1S/C24H28N4O.ClH/c1-18(20-11-7-4-8-12-20)28(16-19-9-5-3-6-10-19)24(29)23-15-25-14-22(23)21-13-26-27(2)17-21;/h3-13,17-18,22-23,25H,14-16H2,1-2H3;1H/t18?,22-,23+;/m1./s1. The third-order valence-corrected chi connectivity index (χ3v) is 5.91. The molecule has 0 saturated carbocycles. The number of carbonyl (C=O) groups excluding carboxylic acids is 1. The number of amides is 1. The van der Waals surface area contributed by atoms with E-state index in [0.29, 0.717) is 13.1 Å². The monoisotopic (exact) mass is 424 g/mol. The van der Waals surface area contributed by atoms with Crippen LogP contribution in [0.1, 0.15) is 35.6 Å². The number of halogens is 1. The number of hydrogen-bond donors (Lipinski definition) is 1. The van der Waals surface area contributed by atoms with Crippen LogP contribution >= 0.6 is 12.4 Å². The molecule has 2 aromatic carbocycles. The largest absolute Gasteiger partial charge is 0.331 e. The first kappa shape index (κ1) is 22.1. The van der Waals surface area contributed by atoms with E-state index in [4.69, 9.17) is 0 Å². The number of aryl methyl sites for hydroxylation is 1. The highest BCUT2D eigenvalue weighted by atomic mass is 35.5. The zero-order chi connectivity index (χ0) is 20.2. The van der Waals surface area contributed by atoms with Crippen molar-refractivity contribution >= 4 is 18.3 Å². The van der Waals surface area contributed by atoms with Crippen LogP contribution in [0.15, 0.2) is 73.1 Å². The molecule has 0 radical (unpaired) electrons. The Bertz CT molecular complexity index is 944. The van der Waals surface area contributed by atoms with E-state index in [1.807, 2.05) is 65.4 Å². The van der Waals surface area contributed by atoms with E-state index in [1.165, 1.54) is 0 Å². The molecule has 1 fully saturated rings. The average molecular weight is 425 g/mol. The predicted octanol–water partition coefficient (Wildman–Crippen LogP) is 3.93. The molecule has 3 atom stereocenters. The highest BCUT2D eigenvalue weighted by Gasteiger charge is 2.38. The lowest BCUT2D eigenvalue weighted by Gasteiger charge is -2.33. The summed E-state index contributed by atoms with van der Waals surface area (Å²) < 4.78 is 1.81. The Morgan fingerprint density at radius 2 is 1.80 bits per heavy atom. The normalized spacial score (nSPS) is 19.1. The van der Waals surface area contributed by atoms with E-state index in [2.05, 4.69) is 41.6 Å². The van der Waals surface area contributed by atoms with Crippen molar-refractivity contribution in [3.8, 4) is 0 Å². The highest BCUT2D eigenvalue weighted by Crippen LogP contribution is 2.33. The maximum absolute atomic E-state index is 13.8. The summed E-state index contributed by atoms with van der Waals surface area (Å²) in [6.07, 6.45) is 3.92. The second kappa shape index (κ2) is 9.92. The van der Waals surface area contributed by atoms with Gasteiger partial charge in [0.2, 0.25) is 5.91 Å². The van der Waals surface area contributed by atoms with Crippen LogP contribution in [0.2, 0.25) is 0 Å². The first-order valence-electron chi connectivity index (χ1n) is 10.2. The number of benzene rings is 2. The van der Waals surface area contributed by atoms with Gasteiger partial charge in [0.25, 0.3) is 0 Å². The number of hydrogen-bond acceptors (Lipinski definition) is 3. The lowest BCUT2D eigenvalue weighted by molar-refractivity contribution is -0.138. The van der Waals surface area contributed by atoms with Crippen LogP contribution in [-0.2, 0) is 18.4 Å². The third kappa shape index (κ3) is 4.74. The molecular weight excluding hydrogens is 396 g/mol. The van der Waals surface area contributed by atoms with Gasteiger partial charge in [0.1, 0.15) is 0 Å². The van der Waals surface area contributed by atoms with Crippen molar-refractivity contribution < 1.29 is 4.79 Å². The Morgan fingerprint density at radius 1 is 1.13 bits per heavy atom. The lowest BCUT2D eigenvalue weighted by atomic mass is 9.89. The fraction of sp³-hybridized carbons (Fsp3) is 0.333. The SMILES string of the molecule is CC(c1ccccc1)N(Cc1ccccc1)C(=O)[C@H]1CNC[C@@H]1c1cnn(C)c1.Cl. The summed E-state index contributed by atoms with van der Waals surface area (Å²) in [5.74, 6) is 0.260. The number of rotatable bonds is 6. The molecule has 1 aliphatic heterocycles. The minimum atomic E-state index is -0.0888. The fourth-order valence-corrected chi connectivity index (χ4v) is 4.23. The van der Waals surface area contributed by atoms with Crippen molar-refractivity contribution in [1.29, 1.82) is 0 Å². The smallest absolute Gasteiger partial charge is 0.228 e. The van der Waals surface area contributed by atoms with Crippen molar-refractivity contribution in [2.24, 2.45) is 13.0 Å². The van der Waals surface area contributed by atoms with Gasteiger partial charge in [0, 0.05) is 38.8 Å². The van der Waals surface area contributed by atoms with Gasteiger partial charge in [0.15, 0.2) is 0 Å². The molecule has 4 rings (SSSR count). The molecule has 0 aliphatic carbocycles. The van der Waals surface area contributed by atoms with Crippen LogP contribution in [0, 0.1) is 5.92 Å². The van der Waals surface area contributed by atoms with Crippen molar-refractivity contribution in [2.75, 3.05) is 13.1 Å². The van der Waals surface area contributed by atoms with Gasteiger partial charge in [-0.1, -0.05) is 60.7 Å². The third-order valence-electron chi connectivity index (χ3n) is 5.91. The van der Waals surface area contributed by atoms with Gasteiger partial charge in [-0.05, 0) is 23.6 Å². The fourth-order valence-electron chi connectivity index (χ4n) is 4.23. The molecule has 30 heavy (non-hydrogen) atoms. The Balaban J connectivity index is 0.00000256. The molecule has 0 bridgehead atoms. The first-order valence-corrected chi connectivity index (χ1v) is 10.2. The summed E-state index contributed by atoms with van der Waals surface area (Å²) in [5.41, 5.74) is 3.43. The van der Waals surface area contributed by atoms with Gasteiger partial charge in [-0.15, -0.1) is 12.4 Å².